The predicted octanol–water partition coefficient (Wildman–Crippen LogP) is 3.28. The number of nitrogens with one attached hydrogen (secondary N) is 1. The second-order valence-electron chi connectivity index (χ2n) is 5.16. The van der Waals surface area contributed by atoms with Gasteiger partial charge in [0, 0.05) is 6.07 Å². The standard InChI is InChI=1S/C19H22N4O2/c1-3-24-16-8-9-18(25-4-2)17(11-16)23-19(21)22-13-15-7-5-6-14(10-15)12-20/h5-11H,3-4,13H2,1-2H3,(H3,21,22,23). The molecule has 2 rings (SSSR count). The molecule has 0 atom stereocenters. The Labute approximate surface area is 147 Å². The van der Waals surface area contributed by atoms with E-state index in [9.17, 15) is 0 Å². The molecule has 0 unspecified atom stereocenters. The van der Waals surface area contributed by atoms with Crippen molar-refractivity contribution in [3.63, 3.8) is 0 Å². The molecule has 0 fully saturated rings. The number of rotatable bonds is 7. The van der Waals surface area contributed by atoms with Crippen molar-refractivity contribution < 1.29 is 9.47 Å². The van der Waals surface area contributed by atoms with Crippen LogP contribution in [0.2, 0.25) is 0 Å². The number of ether oxygens (including phenoxy) is 2. The van der Waals surface area contributed by atoms with Gasteiger partial charge in [-0.15, -0.1) is 0 Å². The van der Waals surface area contributed by atoms with Crippen molar-refractivity contribution in [3.8, 4) is 17.6 Å². The minimum atomic E-state index is 0.261. The summed E-state index contributed by atoms with van der Waals surface area (Å²) < 4.78 is 11.1. The predicted molar refractivity (Wildman–Crippen MR) is 98.9 cm³/mol. The largest absolute Gasteiger partial charge is 0.494 e. The van der Waals surface area contributed by atoms with Crippen molar-refractivity contribution in [1.29, 1.82) is 5.26 Å². The van der Waals surface area contributed by atoms with E-state index in [2.05, 4.69) is 16.4 Å². The number of aliphatic imine (C=N–C) groups is 1. The average molecular weight is 338 g/mol. The molecule has 6 heteroatoms. The van der Waals surface area contributed by atoms with E-state index in [0.717, 1.165) is 11.3 Å². The lowest BCUT2D eigenvalue weighted by atomic mass is 10.1. The third kappa shape index (κ3) is 5.43. The van der Waals surface area contributed by atoms with Gasteiger partial charge in [0.05, 0.1) is 37.1 Å². The minimum absolute atomic E-state index is 0.261. The van der Waals surface area contributed by atoms with E-state index in [1.165, 1.54) is 0 Å². The fourth-order valence-corrected chi connectivity index (χ4v) is 2.24. The molecule has 0 saturated heterocycles. The number of guanidine groups is 1. The maximum atomic E-state index is 8.94. The molecule has 130 valence electrons. The number of nitrogens with zero attached hydrogens (tertiary/aromatic N) is 2. The molecule has 0 aliphatic rings. The molecular formula is C19H22N4O2. The molecule has 3 N–H and O–H groups in total. The van der Waals surface area contributed by atoms with E-state index in [0.29, 0.717) is 36.8 Å². The van der Waals surface area contributed by atoms with Gasteiger partial charge < -0.3 is 20.5 Å². The first-order valence-corrected chi connectivity index (χ1v) is 8.11. The first-order chi connectivity index (χ1) is 12.2. The van der Waals surface area contributed by atoms with Gasteiger partial charge in [0.15, 0.2) is 5.96 Å². The molecule has 0 aliphatic heterocycles. The molecule has 0 heterocycles. The molecule has 0 saturated carbocycles. The molecule has 0 aliphatic carbocycles. The van der Waals surface area contributed by atoms with Crippen molar-refractivity contribution in [3.05, 3.63) is 53.6 Å². The van der Waals surface area contributed by atoms with E-state index in [1.54, 1.807) is 12.1 Å². The second-order valence-corrected chi connectivity index (χ2v) is 5.16. The van der Waals surface area contributed by atoms with Crippen molar-refractivity contribution in [2.75, 3.05) is 18.5 Å². The summed E-state index contributed by atoms with van der Waals surface area (Å²) >= 11 is 0. The molecule has 2 aromatic rings. The van der Waals surface area contributed by atoms with E-state index in [-0.39, 0.29) is 5.96 Å². The van der Waals surface area contributed by atoms with E-state index in [4.69, 9.17) is 20.5 Å². The van der Waals surface area contributed by atoms with Crippen molar-refractivity contribution in [2.24, 2.45) is 10.7 Å². The highest BCUT2D eigenvalue weighted by molar-refractivity contribution is 5.94. The Morgan fingerprint density at radius 3 is 2.68 bits per heavy atom. The van der Waals surface area contributed by atoms with Crippen LogP contribution in [0.15, 0.2) is 47.5 Å². The van der Waals surface area contributed by atoms with Gasteiger partial charge >= 0.3 is 0 Å². The van der Waals surface area contributed by atoms with Gasteiger partial charge in [-0.3, -0.25) is 0 Å². The van der Waals surface area contributed by atoms with Gasteiger partial charge in [-0.2, -0.15) is 5.26 Å². The highest BCUT2D eigenvalue weighted by atomic mass is 16.5. The molecule has 25 heavy (non-hydrogen) atoms. The number of nitrogens with two attached hydrogens (primary N) is 1. The summed E-state index contributed by atoms with van der Waals surface area (Å²) in [5, 5.41) is 12.0. The maximum Gasteiger partial charge on any atom is 0.193 e. The zero-order valence-electron chi connectivity index (χ0n) is 14.5. The summed E-state index contributed by atoms with van der Waals surface area (Å²) in [5.41, 5.74) is 8.20. The average Bonchev–Trinajstić information content (AvgIpc) is 2.63. The Kier molecular flexibility index (Phi) is 6.66. The lowest BCUT2D eigenvalue weighted by molar-refractivity contribution is 0.332. The van der Waals surface area contributed by atoms with Crippen LogP contribution in [0.1, 0.15) is 25.0 Å². The van der Waals surface area contributed by atoms with Crippen molar-refractivity contribution in [1.82, 2.24) is 0 Å². The van der Waals surface area contributed by atoms with Gasteiger partial charge in [-0.25, -0.2) is 4.99 Å². The van der Waals surface area contributed by atoms with E-state index >= 15 is 0 Å². The van der Waals surface area contributed by atoms with Crippen LogP contribution in [-0.4, -0.2) is 19.2 Å². The Hall–Kier alpha value is -3.20. The Bertz CT molecular complexity index is 781. The fraction of sp³-hybridized carbons (Fsp3) is 0.263. The SMILES string of the molecule is CCOc1ccc(OCC)c(NC(N)=NCc2cccc(C#N)c2)c1. The second kappa shape index (κ2) is 9.18. The van der Waals surface area contributed by atoms with Gasteiger partial charge in [-0.1, -0.05) is 12.1 Å². The number of anilines is 1. The van der Waals surface area contributed by atoms with Gasteiger partial charge in [0.25, 0.3) is 0 Å². The number of hydrogen-bond acceptors (Lipinski definition) is 4. The number of nitriles is 1. The third-order valence-electron chi connectivity index (χ3n) is 3.31. The van der Waals surface area contributed by atoms with Crippen LogP contribution in [0.25, 0.3) is 0 Å². The highest BCUT2D eigenvalue weighted by Crippen LogP contribution is 2.29. The van der Waals surface area contributed by atoms with Gasteiger partial charge in [0.2, 0.25) is 0 Å². The number of hydrogen-bond donors (Lipinski definition) is 2. The summed E-state index contributed by atoms with van der Waals surface area (Å²) in [7, 11) is 0. The molecule has 2 aromatic carbocycles. The van der Waals surface area contributed by atoms with Crippen LogP contribution in [0.5, 0.6) is 11.5 Å². The molecule has 0 bridgehead atoms. The summed E-state index contributed by atoms with van der Waals surface area (Å²) in [6.45, 7) is 5.34. The van der Waals surface area contributed by atoms with Crippen LogP contribution < -0.4 is 20.5 Å². The third-order valence-corrected chi connectivity index (χ3v) is 3.31. The summed E-state index contributed by atoms with van der Waals surface area (Å²) in [5.74, 6) is 1.66. The summed E-state index contributed by atoms with van der Waals surface area (Å²) in [4.78, 5) is 4.32. The molecular weight excluding hydrogens is 316 g/mol. The first kappa shape index (κ1) is 18.1. The Balaban J connectivity index is 2.13. The highest BCUT2D eigenvalue weighted by Gasteiger charge is 2.07. The minimum Gasteiger partial charge on any atom is -0.494 e. The zero-order valence-corrected chi connectivity index (χ0v) is 14.5. The van der Waals surface area contributed by atoms with Crippen LogP contribution in [-0.2, 0) is 6.54 Å². The maximum absolute atomic E-state index is 8.94. The first-order valence-electron chi connectivity index (χ1n) is 8.11. The smallest absolute Gasteiger partial charge is 0.193 e. The molecule has 0 spiro atoms. The Morgan fingerprint density at radius 2 is 1.96 bits per heavy atom. The quantitative estimate of drug-likeness (QED) is 0.597. The van der Waals surface area contributed by atoms with Crippen LogP contribution in [0, 0.1) is 11.3 Å². The Morgan fingerprint density at radius 1 is 1.16 bits per heavy atom. The molecule has 0 aromatic heterocycles. The molecule has 0 radical (unpaired) electrons. The zero-order chi connectivity index (χ0) is 18.1. The van der Waals surface area contributed by atoms with Gasteiger partial charge in [-0.05, 0) is 43.7 Å². The van der Waals surface area contributed by atoms with Gasteiger partial charge in [0.1, 0.15) is 11.5 Å². The number of benzene rings is 2. The molecule has 6 nitrogen and oxygen atoms in total. The monoisotopic (exact) mass is 338 g/mol. The van der Waals surface area contributed by atoms with E-state index in [1.807, 2.05) is 44.2 Å². The topological polar surface area (TPSA) is 92.7 Å². The van der Waals surface area contributed by atoms with Crippen LogP contribution in [0.3, 0.4) is 0 Å². The van der Waals surface area contributed by atoms with Crippen molar-refractivity contribution in [2.45, 2.75) is 20.4 Å². The van der Waals surface area contributed by atoms with E-state index < -0.39 is 0 Å². The van der Waals surface area contributed by atoms with Crippen molar-refractivity contribution >= 4 is 11.6 Å². The summed E-state index contributed by atoms with van der Waals surface area (Å²) in [6.07, 6.45) is 0. The fourth-order valence-electron chi connectivity index (χ4n) is 2.24. The molecule has 0 amide bonds. The lowest BCUT2D eigenvalue weighted by Crippen LogP contribution is -2.23. The lowest BCUT2D eigenvalue weighted by Gasteiger charge is -2.14. The normalized spacial score (nSPS) is 10.8. The summed E-state index contributed by atoms with van der Waals surface area (Å²) in [6, 6.07) is 14.9. The van der Waals surface area contributed by atoms with Crippen LogP contribution >= 0.6 is 0 Å². The van der Waals surface area contributed by atoms with Crippen LogP contribution in [0.4, 0.5) is 5.69 Å².